The average molecular weight is 266 g/mol. The Hall–Kier alpha value is -1.19. The number of rotatable bonds is 3. The fourth-order valence-electron chi connectivity index (χ4n) is 4.00. The Balaban J connectivity index is 2.26. The van der Waals surface area contributed by atoms with Crippen LogP contribution in [0.2, 0.25) is 0 Å². The molecule has 19 heavy (non-hydrogen) atoms. The van der Waals surface area contributed by atoms with Crippen molar-refractivity contribution in [3.8, 4) is 0 Å². The maximum Gasteiger partial charge on any atom is 0.305 e. The van der Waals surface area contributed by atoms with Gasteiger partial charge in [-0.1, -0.05) is 19.8 Å². The van der Waals surface area contributed by atoms with Crippen molar-refractivity contribution in [1.29, 1.82) is 0 Å². The minimum Gasteiger partial charge on any atom is -0.469 e. The van der Waals surface area contributed by atoms with E-state index < -0.39 is 5.41 Å². The van der Waals surface area contributed by atoms with Gasteiger partial charge in [-0.15, -0.1) is 0 Å². The lowest BCUT2D eigenvalue weighted by Gasteiger charge is -2.47. The van der Waals surface area contributed by atoms with E-state index in [-0.39, 0.29) is 29.4 Å². The lowest BCUT2D eigenvalue weighted by Crippen LogP contribution is -2.50. The fraction of sp³-hybridized carbons (Fsp3) is 0.800. The number of ether oxygens (including phenoxy) is 1. The lowest BCUT2D eigenvalue weighted by molar-refractivity contribution is -0.152. The van der Waals surface area contributed by atoms with Gasteiger partial charge in [0.1, 0.15) is 11.6 Å². The van der Waals surface area contributed by atoms with E-state index in [4.69, 9.17) is 0 Å². The second-order valence-corrected chi connectivity index (χ2v) is 6.10. The normalized spacial score (nSPS) is 29.8. The van der Waals surface area contributed by atoms with Crippen LogP contribution in [0.4, 0.5) is 0 Å². The molecule has 106 valence electrons. The molecule has 0 bridgehead atoms. The molecule has 0 N–H and O–H groups in total. The van der Waals surface area contributed by atoms with Crippen LogP contribution in [-0.4, -0.2) is 24.6 Å². The number of Topliss-reactive ketones (excluding diaryl/α,β-unsaturated/α-hetero) is 2. The molecule has 1 atom stereocenters. The van der Waals surface area contributed by atoms with Crippen LogP contribution in [0, 0.1) is 10.8 Å². The largest absolute Gasteiger partial charge is 0.469 e. The van der Waals surface area contributed by atoms with Gasteiger partial charge >= 0.3 is 5.97 Å². The summed E-state index contributed by atoms with van der Waals surface area (Å²) >= 11 is 0. The highest BCUT2D eigenvalue weighted by molar-refractivity contribution is 6.13. The van der Waals surface area contributed by atoms with Crippen molar-refractivity contribution in [2.75, 3.05) is 7.11 Å². The molecule has 0 saturated heterocycles. The monoisotopic (exact) mass is 266 g/mol. The van der Waals surface area contributed by atoms with E-state index in [1.807, 2.05) is 6.92 Å². The molecule has 4 heteroatoms. The van der Waals surface area contributed by atoms with Gasteiger partial charge in [0.05, 0.1) is 12.5 Å². The summed E-state index contributed by atoms with van der Waals surface area (Å²) in [6, 6.07) is 0. The van der Waals surface area contributed by atoms with Gasteiger partial charge in [0.15, 0.2) is 0 Å². The highest BCUT2D eigenvalue weighted by Gasteiger charge is 2.60. The Bertz CT molecular complexity index is 396. The summed E-state index contributed by atoms with van der Waals surface area (Å²) in [5.41, 5.74) is -1.18. The van der Waals surface area contributed by atoms with E-state index in [1.54, 1.807) is 0 Å². The molecule has 0 aromatic rings. The fourth-order valence-corrected chi connectivity index (χ4v) is 4.00. The van der Waals surface area contributed by atoms with Gasteiger partial charge in [-0.05, 0) is 24.7 Å². The van der Waals surface area contributed by atoms with Crippen molar-refractivity contribution in [2.45, 2.75) is 58.3 Å². The molecule has 2 aliphatic rings. The van der Waals surface area contributed by atoms with Gasteiger partial charge in [-0.2, -0.15) is 0 Å². The van der Waals surface area contributed by atoms with Crippen LogP contribution in [-0.2, 0) is 19.1 Å². The summed E-state index contributed by atoms with van der Waals surface area (Å²) in [5, 5.41) is 0. The third kappa shape index (κ3) is 2.11. The van der Waals surface area contributed by atoms with Gasteiger partial charge < -0.3 is 4.74 Å². The molecule has 0 radical (unpaired) electrons. The quantitative estimate of drug-likeness (QED) is 0.581. The van der Waals surface area contributed by atoms with Gasteiger partial charge in [0.25, 0.3) is 0 Å². The first-order valence-corrected chi connectivity index (χ1v) is 7.10. The minimum absolute atomic E-state index is 0.101. The van der Waals surface area contributed by atoms with E-state index in [0.717, 1.165) is 19.3 Å². The molecular formula is C15H22O4. The van der Waals surface area contributed by atoms with Crippen LogP contribution in [0.5, 0.6) is 0 Å². The summed E-state index contributed by atoms with van der Waals surface area (Å²) in [6.45, 7) is 2.01. The van der Waals surface area contributed by atoms with Crippen LogP contribution in [0.15, 0.2) is 0 Å². The summed E-state index contributed by atoms with van der Waals surface area (Å²) in [5.74, 6) is -0.0611. The SMILES string of the molecule is COC(=O)CCC1(C)CCCCC12C(=O)CCC2=O. The number of methoxy groups -OCH3 is 1. The molecule has 2 fully saturated rings. The van der Waals surface area contributed by atoms with Crippen molar-refractivity contribution in [1.82, 2.24) is 0 Å². The Labute approximate surface area is 113 Å². The van der Waals surface area contributed by atoms with E-state index >= 15 is 0 Å². The van der Waals surface area contributed by atoms with E-state index in [0.29, 0.717) is 25.7 Å². The van der Waals surface area contributed by atoms with Crippen LogP contribution in [0.25, 0.3) is 0 Å². The van der Waals surface area contributed by atoms with Gasteiger partial charge in [-0.3, -0.25) is 14.4 Å². The summed E-state index contributed by atoms with van der Waals surface area (Å²) in [7, 11) is 1.37. The number of hydrogen-bond acceptors (Lipinski definition) is 4. The second kappa shape index (κ2) is 5.06. The molecule has 0 amide bonds. The minimum atomic E-state index is -0.806. The first-order valence-electron chi connectivity index (χ1n) is 7.10. The average Bonchev–Trinajstić information content (AvgIpc) is 2.69. The first kappa shape index (κ1) is 14.2. The predicted octanol–water partition coefficient (Wildman–Crippen LogP) is 2.44. The topological polar surface area (TPSA) is 60.4 Å². The zero-order chi connectivity index (χ0) is 14.1. The molecule has 1 spiro atoms. The summed E-state index contributed by atoms with van der Waals surface area (Å²) < 4.78 is 4.68. The number of ketones is 2. The molecule has 2 saturated carbocycles. The van der Waals surface area contributed by atoms with Crippen molar-refractivity contribution in [3.63, 3.8) is 0 Å². The Morgan fingerprint density at radius 1 is 1.16 bits per heavy atom. The first-order chi connectivity index (χ1) is 8.96. The molecule has 0 aromatic carbocycles. The maximum atomic E-state index is 12.4. The van der Waals surface area contributed by atoms with Crippen molar-refractivity contribution < 1.29 is 19.1 Å². The second-order valence-electron chi connectivity index (χ2n) is 6.10. The summed E-state index contributed by atoms with van der Waals surface area (Å²) in [6.07, 6.45) is 5.10. The Morgan fingerprint density at radius 3 is 2.32 bits per heavy atom. The van der Waals surface area contributed by atoms with E-state index in [1.165, 1.54) is 7.11 Å². The van der Waals surface area contributed by atoms with E-state index in [9.17, 15) is 14.4 Å². The smallest absolute Gasteiger partial charge is 0.305 e. The van der Waals surface area contributed by atoms with Crippen LogP contribution in [0.3, 0.4) is 0 Å². The molecule has 4 nitrogen and oxygen atoms in total. The zero-order valence-electron chi connectivity index (χ0n) is 11.8. The molecule has 0 heterocycles. The number of carbonyl (C=O) groups is 3. The molecule has 0 aromatic heterocycles. The highest BCUT2D eigenvalue weighted by atomic mass is 16.5. The molecule has 0 aliphatic heterocycles. The van der Waals surface area contributed by atoms with Crippen molar-refractivity contribution >= 4 is 17.5 Å². The predicted molar refractivity (Wildman–Crippen MR) is 69.5 cm³/mol. The zero-order valence-corrected chi connectivity index (χ0v) is 11.8. The van der Waals surface area contributed by atoms with Gasteiger partial charge in [0.2, 0.25) is 0 Å². The molecule has 1 unspecified atom stereocenters. The van der Waals surface area contributed by atoms with E-state index in [2.05, 4.69) is 4.74 Å². The number of carbonyl (C=O) groups excluding carboxylic acids is 3. The standard InChI is InChI=1S/C15H22O4/c1-14(10-7-13(18)19-2)8-3-4-9-15(14)11(16)5-6-12(15)17/h3-10H2,1-2H3. The number of esters is 1. The summed E-state index contributed by atoms with van der Waals surface area (Å²) in [4.78, 5) is 36.1. The van der Waals surface area contributed by atoms with Crippen molar-refractivity contribution in [2.24, 2.45) is 10.8 Å². The molecule has 2 rings (SSSR count). The van der Waals surface area contributed by atoms with Crippen LogP contribution < -0.4 is 0 Å². The molecular weight excluding hydrogens is 244 g/mol. The van der Waals surface area contributed by atoms with Gasteiger partial charge in [0, 0.05) is 19.3 Å². The molecule has 2 aliphatic carbocycles. The van der Waals surface area contributed by atoms with Crippen molar-refractivity contribution in [3.05, 3.63) is 0 Å². The van der Waals surface area contributed by atoms with Crippen LogP contribution in [0.1, 0.15) is 58.3 Å². The Kier molecular flexibility index (Phi) is 3.79. The lowest BCUT2D eigenvalue weighted by atomic mass is 9.53. The number of hydrogen-bond donors (Lipinski definition) is 0. The van der Waals surface area contributed by atoms with Crippen LogP contribution >= 0.6 is 0 Å². The third-order valence-corrected chi connectivity index (χ3v) is 5.20. The highest BCUT2D eigenvalue weighted by Crippen LogP contribution is 2.57. The van der Waals surface area contributed by atoms with Gasteiger partial charge in [-0.25, -0.2) is 0 Å². The third-order valence-electron chi connectivity index (χ3n) is 5.20. The maximum absolute atomic E-state index is 12.4. The Morgan fingerprint density at radius 2 is 1.74 bits per heavy atom.